The maximum atomic E-state index is 14.1. The highest BCUT2D eigenvalue weighted by molar-refractivity contribution is 5.83. The van der Waals surface area contributed by atoms with Crippen molar-refractivity contribution in [3.8, 4) is 17.0 Å². The molecule has 1 aromatic carbocycles. The Morgan fingerprint density at radius 1 is 1.05 bits per heavy atom. The van der Waals surface area contributed by atoms with E-state index in [1.165, 1.54) is 44.6 Å². The Labute approximate surface area is 220 Å². The minimum absolute atomic E-state index is 0.0363. The lowest BCUT2D eigenvalue weighted by molar-refractivity contribution is -0.0516. The van der Waals surface area contributed by atoms with Gasteiger partial charge < -0.3 is 19.8 Å². The summed E-state index contributed by atoms with van der Waals surface area (Å²) in [5, 5.41) is 24.4. The molecule has 1 aliphatic heterocycles. The van der Waals surface area contributed by atoms with E-state index in [4.69, 9.17) is 9.72 Å². The van der Waals surface area contributed by atoms with Crippen molar-refractivity contribution in [1.29, 1.82) is 0 Å². The van der Waals surface area contributed by atoms with E-state index in [9.17, 15) is 27.8 Å². The Kier molecular flexibility index (Phi) is 7.12. The lowest BCUT2D eigenvalue weighted by Crippen LogP contribution is -2.39. The fourth-order valence-corrected chi connectivity index (χ4v) is 4.39. The lowest BCUT2D eigenvalue weighted by atomic mass is 9.98. The first-order chi connectivity index (χ1) is 18.5. The number of pyridine rings is 1. The van der Waals surface area contributed by atoms with Crippen LogP contribution < -0.4 is 9.64 Å². The standard InChI is InChI=1S/C26H26F4N6O3/c1-26(2,38)23(37)19-10-18-20(12-31-19)33-22(14-11-32-36(13-14)25(29)30)24(34-18)35-7-5-16(6-8-35)39-21-4-3-15(27)9-17(21)28/h3-4,9-13,16,23,25,37-38H,5-8H2,1-2H3/t23-/m1/s1. The number of aliphatic hydroxyl groups is 2. The maximum absolute atomic E-state index is 14.1. The molecule has 0 unspecified atom stereocenters. The Bertz CT molecular complexity index is 1480. The highest BCUT2D eigenvalue weighted by Crippen LogP contribution is 2.34. The van der Waals surface area contributed by atoms with Crippen LogP contribution in [-0.2, 0) is 0 Å². The third-order valence-corrected chi connectivity index (χ3v) is 6.51. The molecule has 0 aliphatic carbocycles. The van der Waals surface area contributed by atoms with Gasteiger partial charge in [-0.25, -0.2) is 23.4 Å². The maximum Gasteiger partial charge on any atom is 0.333 e. The predicted molar refractivity (Wildman–Crippen MR) is 133 cm³/mol. The van der Waals surface area contributed by atoms with Gasteiger partial charge in [-0.15, -0.1) is 0 Å². The zero-order chi connectivity index (χ0) is 27.9. The summed E-state index contributed by atoms with van der Waals surface area (Å²) in [5.41, 5.74) is 0.127. The van der Waals surface area contributed by atoms with Crippen LogP contribution in [0.1, 0.15) is 45.0 Å². The first-order valence-corrected chi connectivity index (χ1v) is 12.3. The van der Waals surface area contributed by atoms with Crippen molar-refractivity contribution in [2.24, 2.45) is 0 Å². The molecular formula is C26H26F4N6O3. The lowest BCUT2D eigenvalue weighted by Gasteiger charge is -2.33. The number of hydrogen-bond donors (Lipinski definition) is 2. The highest BCUT2D eigenvalue weighted by Gasteiger charge is 2.29. The number of halogens is 4. The zero-order valence-corrected chi connectivity index (χ0v) is 21.1. The van der Waals surface area contributed by atoms with Gasteiger partial charge in [-0.05, 0) is 32.0 Å². The number of piperidine rings is 1. The first kappa shape index (κ1) is 26.8. The molecule has 0 spiro atoms. The summed E-state index contributed by atoms with van der Waals surface area (Å²) in [6, 6.07) is 4.66. The van der Waals surface area contributed by atoms with Crippen LogP contribution in [0.2, 0.25) is 0 Å². The minimum atomic E-state index is -2.83. The van der Waals surface area contributed by atoms with Crippen molar-refractivity contribution >= 4 is 16.9 Å². The topological polar surface area (TPSA) is 109 Å². The molecule has 1 atom stereocenters. The number of nitrogens with zero attached hydrogens (tertiary/aromatic N) is 6. The van der Waals surface area contributed by atoms with E-state index in [0.29, 0.717) is 58.7 Å². The summed E-state index contributed by atoms with van der Waals surface area (Å²) in [6.45, 7) is 0.924. The molecule has 3 aromatic heterocycles. The second-order valence-electron chi connectivity index (χ2n) is 9.92. The molecule has 2 N–H and O–H groups in total. The molecular weight excluding hydrogens is 520 g/mol. The van der Waals surface area contributed by atoms with Gasteiger partial charge in [-0.1, -0.05) is 0 Å². The van der Waals surface area contributed by atoms with Gasteiger partial charge >= 0.3 is 6.55 Å². The van der Waals surface area contributed by atoms with Gasteiger partial charge in [0.15, 0.2) is 17.4 Å². The van der Waals surface area contributed by atoms with E-state index in [0.717, 1.165) is 12.1 Å². The van der Waals surface area contributed by atoms with Crippen molar-refractivity contribution in [3.63, 3.8) is 0 Å². The second-order valence-corrected chi connectivity index (χ2v) is 9.92. The van der Waals surface area contributed by atoms with Crippen LogP contribution in [0.15, 0.2) is 42.9 Å². The van der Waals surface area contributed by atoms with Gasteiger partial charge in [0.2, 0.25) is 0 Å². The van der Waals surface area contributed by atoms with Gasteiger partial charge in [0.25, 0.3) is 0 Å². The van der Waals surface area contributed by atoms with E-state index in [-0.39, 0.29) is 17.5 Å². The first-order valence-electron chi connectivity index (χ1n) is 12.3. The molecule has 39 heavy (non-hydrogen) atoms. The van der Waals surface area contributed by atoms with Crippen LogP contribution in [0, 0.1) is 11.6 Å². The van der Waals surface area contributed by atoms with Crippen molar-refractivity contribution in [1.82, 2.24) is 24.7 Å². The third-order valence-electron chi connectivity index (χ3n) is 6.51. The van der Waals surface area contributed by atoms with E-state index in [2.05, 4.69) is 15.1 Å². The van der Waals surface area contributed by atoms with E-state index in [1.807, 2.05) is 4.90 Å². The number of fused-ring (bicyclic) bond motifs is 1. The minimum Gasteiger partial charge on any atom is -0.487 e. The molecule has 0 amide bonds. The molecule has 1 fully saturated rings. The summed E-state index contributed by atoms with van der Waals surface area (Å²) in [4.78, 5) is 15.5. The number of aromatic nitrogens is 5. The number of ether oxygens (including phenoxy) is 1. The van der Waals surface area contributed by atoms with Crippen LogP contribution in [0.4, 0.5) is 23.4 Å². The van der Waals surface area contributed by atoms with Crippen LogP contribution in [0.3, 0.4) is 0 Å². The summed E-state index contributed by atoms with van der Waals surface area (Å²) in [5.74, 6) is -1.11. The fraction of sp³-hybridized carbons (Fsp3) is 0.385. The van der Waals surface area contributed by atoms with Crippen LogP contribution >= 0.6 is 0 Å². The zero-order valence-electron chi connectivity index (χ0n) is 21.1. The molecule has 0 saturated carbocycles. The molecule has 1 saturated heterocycles. The van der Waals surface area contributed by atoms with E-state index >= 15 is 0 Å². The molecule has 5 rings (SSSR count). The highest BCUT2D eigenvalue weighted by atomic mass is 19.3. The quantitative estimate of drug-likeness (QED) is 0.328. The molecule has 0 radical (unpaired) electrons. The molecule has 0 bridgehead atoms. The summed E-state index contributed by atoms with van der Waals surface area (Å²) in [7, 11) is 0. The molecule has 4 heterocycles. The van der Waals surface area contributed by atoms with Gasteiger partial charge in [0.1, 0.15) is 29.2 Å². The number of hydrogen-bond acceptors (Lipinski definition) is 8. The number of anilines is 1. The van der Waals surface area contributed by atoms with Crippen LogP contribution in [0.5, 0.6) is 5.75 Å². The Morgan fingerprint density at radius 3 is 2.44 bits per heavy atom. The molecule has 206 valence electrons. The molecule has 13 heteroatoms. The second kappa shape index (κ2) is 10.4. The number of rotatable bonds is 7. The van der Waals surface area contributed by atoms with Crippen LogP contribution in [-0.4, -0.2) is 59.7 Å². The normalized spacial score (nSPS) is 15.8. The number of benzene rings is 1. The summed E-state index contributed by atoms with van der Waals surface area (Å²) >= 11 is 0. The van der Waals surface area contributed by atoms with Gasteiger partial charge in [-0.2, -0.15) is 13.9 Å². The average molecular weight is 547 g/mol. The van der Waals surface area contributed by atoms with E-state index in [1.54, 1.807) is 0 Å². The van der Waals surface area contributed by atoms with E-state index < -0.39 is 29.9 Å². The van der Waals surface area contributed by atoms with Crippen molar-refractivity contribution < 1.29 is 32.5 Å². The predicted octanol–water partition coefficient (Wildman–Crippen LogP) is 4.41. The van der Waals surface area contributed by atoms with Crippen molar-refractivity contribution in [2.75, 3.05) is 18.0 Å². The van der Waals surface area contributed by atoms with Crippen LogP contribution in [0.25, 0.3) is 22.3 Å². The van der Waals surface area contributed by atoms with Gasteiger partial charge in [0.05, 0.1) is 29.2 Å². The number of alkyl halides is 2. The Morgan fingerprint density at radius 2 is 1.79 bits per heavy atom. The van der Waals surface area contributed by atoms with Crippen molar-refractivity contribution in [3.05, 3.63) is 60.2 Å². The molecule has 9 nitrogen and oxygen atoms in total. The van der Waals surface area contributed by atoms with Gasteiger partial charge in [-0.3, -0.25) is 4.98 Å². The SMILES string of the molecule is CC(C)(O)[C@H](O)c1cc2nc(N3CCC(Oc4ccc(F)cc4F)CC3)c(-c3cnn(C(F)F)c3)nc2cn1. The monoisotopic (exact) mass is 546 g/mol. The number of aliphatic hydroxyl groups excluding tert-OH is 1. The summed E-state index contributed by atoms with van der Waals surface area (Å²) < 4.78 is 60.0. The Hall–Kier alpha value is -3.84. The molecule has 1 aliphatic rings. The van der Waals surface area contributed by atoms with Gasteiger partial charge in [0, 0.05) is 43.8 Å². The Balaban J connectivity index is 1.47. The fourth-order valence-electron chi connectivity index (χ4n) is 4.39. The largest absolute Gasteiger partial charge is 0.487 e. The van der Waals surface area contributed by atoms with Crippen molar-refractivity contribution in [2.45, 2.75) is 51.0 Å². The smallest absolute Gasteiger partial charge is 0.333 e. The summed E-state index contributed by atoms with van der Waals surface area (Å²) in [6.07, 6.45) is 3.19. The molecule has 4 aromatic rings. The third kappa shape index (κ3) is 5.64. The average Bonchev–Trinajstić information content (AvgIpc) is 3.39.